The van der Waals surface area contributed by atoms with Crippen molar-refractivity contribution in [3.63, 3.8) is 0 Å². The summed E-state index contributed by atoms with van der Waals surface area (Å²) < 4.78 is 26.2. The normalized spacial score (nSPS) is 23.3. The molecule has 1 saturated heterocycles. The van der Waals surface area contributed by atoms with E-state index in [0.29, 0.717) is 6.07 Å². The minimum atomic E-state index is -0.792. The van der Waals surface area contributed by atoms with Crippen molar-refractivity contribution in [2.75, 3.05) is 11.9 Å². The standard InChI is InChI=1S/C17H18F2N2O3/c18-10-7-11(19)9-12(8-10)20-15(22)5-6-21-16(23)13-3-1-2-4-14(13)17(21)24/h7-9,13-14H,1-6H2,(H,20,22). The van der Waals surface area contributed by atoms with E-state index in [-0.39, 0.29) is 42.3 Å². The van der Waals surface area contributed by atoms with Crippen molar-refractivity contribution in [2.45, 2.75) is 32.1 Å². The average Bonchev–Trinajstić information content (AvgIpc) is 2.76. The number of fused-ring (bicyclic) bond motifs is 1. The van der Waals surface area contributed by atoms with Crippen LogP contribution in [0.2, 0.25) is 0 Å². The number of likely N-dealkylation sites (tertiary alicyclic amines) is 1. The van der Waals surface area contributed by atoms with Gasteiger partial charge in [0.25, 0.3) is 0 Å². The Morgan fingerprint density at radius 2 is 1.58 bits per heavy atom. The lowest BCUT2D eigenvalue weighted by atomic mass is 9.81. The Bertz CT molecular complexity index is 648. The van der Waals surface area contributed by atoms with Gasteiger partial charge in [-0.3, -0.25) is 19.3 Å². The van der Waals surface area contributed by atoms with E-state index in [9.17, 15) is 23.2 Å². The maximum atomic E-state index is 13.1. The molecule has 1 aromatic rings. The Hall–Kier alpha value is -2.31. The van der Waals surface area contributed by atoms with Gasteiger partial charge < -0.3 is 5.32 Å². The molecule has 7 heteroatoms. The fourth-order valence-electron chi connectivity index (χ4n) is 3.51. The Morgan fingerprint density at radius 3 is 2.12 bits per heavy atom. The number of nitrogens with zero attached hydrogens (tertiary/aromatic N) is 1. The molecule has 0 aromatic heterocycles. The molecule has 0 spiro atoms. The van der Waals surface area contributed by atoms with Crippen molar-refractivity contribution < 1.29 is 23.2 Å². The predicted molar refractivity (Wildman–Crippen MR) is 81.8 cm³/mol. The number of benzene rings is 1. The number of nitrogens with one attached hydrogen (secondary N) is 1. The highest BCUT2D eigenvalue weighted by Crippen LogP contribution is 2.37. The number of amides is 3. The monoisotopic (exact) mass is 336 g/mol. The van der Waals surface area contributed by atoms with Crippen LogP contribution in [0.15, 0.2) is 18.2 Å². The van der Waals surface area contributed by atoms with Crippen LogP contribution in [0.3, 0.4) is 0 Å². The van der Waals surface area contributed by atoms with Gasteiger partial charge in [-0.15, -0.1) is 0 Å². The largest absolute Gasteiger partial charge is 0.326 e. The number of carbonyl (C=O) groups excluding carboxylic acids is 3. The highest BCUT2D eigenvalue weighted by Gasteiger charge is 2.47. The van der Waals surface area contributed by atoms with E-state index in [4.69, 9.17) is 0 Å². The van der Waals surface area contributed by atoms with Gasteiger partial charge in [-0.2, -0.15) is 0 Å². The van der Waals surface area contributed by atoms with Crippen LogP contribution in [0.25, 0.3) is 0 Å². The van der Waals surface area contributed by atoms with E-state index in [2.05, 4.69) is 5.32 Å². The Balaban J connectivity index is 1.58. The minimum Gasteiger partial charge on any atom is -0.326 e. The molecule has 24 heavy (non-hydrogen) atoms. The summed E-state index contributed by atoms with van der Waals surface area (Å²) in [4.78, 5) is 37.6. The first kappa shape index (κ1) is 16.5. The summed E-state index contributed by atoms with van der Waals surface area (Å²) in [7, 11) is 0. The number of halogens is 2. The first-order valence-electron chi connectivity index (χ1n) is 8.07. The average molecular weight is 336 g/mol. The summed E-state index contributed by atoms with van der Waals surface area (Å²) >= 11 is 0. The third kappa shape index (κ3) is 3.29. The lowest BCUT2D eigenvalue weighted by Gasteiger charge is -2.19. The minimum absolute atomic E-state index is 0.00486. The zero-order chi connectivity index (χ0) is 17.3. The molecule has 3 amide bonds. The van der Waals surface area contributed by atoms with Gasteiger partial charge in [-0.25, -0.2) is 8.78 Å². The highest BCUT2D eigenvalue weighted by molar-refractivity contribution is 6.05. The Labute approximate surface area is 138 Å². The highest BCUT2D eigenvalue weighted by atomic mass is 19.1. The molecule has 0 bridgehead atoms. The van der Waals surface area contributed by atoms with E-state index in [1.165, 1.54) is 0 Å². The van der Waals surface area contributed by atoms with Crippen LogP contribution in [0.5, 0.6) is 0 Å². The van der Waals surface area contributed by atoms with Crippen molar-refractivity contribution >= 4 is 23.4 Å². The summed E-state index contributed by atoms with van der Waals surface area (Å²) in [6.07, 6.45) is 3.23. The van der Waals surface area contributed by atoms with Crippen molar-refractivity contribution in [3.8, 4) is 0 Å². The number of hydrogen-bond acceptors (Lipinski definition) is 3. The van der Waals surface area contributed by atoms with Crippen LogP contribution in [0.1, 0.15) is 32.1 Å². The maximum absolute atomic E-state index is 13.1. The summed E-state index contributed by atoms with van der Waals surface area (Å²) in [5, 5.41) is 2.37. The number of hydrogen-bond donors (Lipinski definition) is 1. The van der Waals surface area contributed by atoms with Crippen molar-refractivity contribution in [1.29, 1.82) is 0 Å². The summed E-state index contributed by atoms with van der Waals surface area (Å²) in [5.74, 6) is -2.98. The van der Waals surface area contributed by atoms with Crippen LogP contribution in [-0.4, -0.2) is 29.2 Å². The van der Waals surface area contributed by atoms with Gasteiger partial charge in [-0.05, 0) is 25.0 Å². The molecule has 1 saturated carbocycles. The van der Waals surface area contributed by atoms with E-state index in [1.807, 2.05) is 0 Å². The van der Waals surface area contributed by atoms with Crippen molar-refractivity contribution in [2.24, 2.45) is 11.8 Å². The molecule has 2 atom stereocenters. The van der Waals surface area contributed by atoms with Gasteiger partial charge in [0.05, 0.1) is 11.8 Å². The molecule has 2 aliphatic rings. The molecule has 1 N–H and O–H groups in total. The second kappa shape index (κ2) is 6.67. The molecule has 0 radical (unpaired) electrons. The topological polar surface area (TPSA) is 66.5 Å². The molecule has 1 heterocycles. The Morgan fingerprint density at radius 1 is 1.04 bits per heavy atom. The third-order valence-corrected chi connectivity index (χ3v) is 4.64. The fraction of sp³-hybridized carbons (Fsp3) is 0.471. The van der Waals surface area contributed by atoms with Crippen LogP contribution < -0.4 is 5.32 Å². The van der Waals surface area contributed by atoms with Gasteiger partial charge in [-0.1, -0.05) is 12.8 Å². The van der Waals surface area contributed by atoms with Gasteiger partial charge in [0.2, 0.25) is 17.7 Å². The first-order chi connectivity index (χ1) is 11.5. The molecule has 1 aliphatic carbocycles. The van der Waals surface area contributed by atoms with Gasteiger partial charge >= 0.3 is 0 Å². The van der Waals surface area contributed by atoms with Gasteiger partial charge in [0, 0.05) is 24.7 Å². The Kier molecular flexibility index (Phi) is 4.59. The molecule has 128 valence electrons. The van der Waals surface area contributed by atoms with E-state index in [0.717, 1.165) is 42.7 Å². The molecule has 1 aromatic carbocycles. The molecular formula is C17H18F2N2O3. The van der Waals surface area contributed by atoms with E-state index < -0.39 is 17.5 Å². The zero-order valence-corrected chi connectivity index (χ0v) is 13.1. The van der Waals surface area contributed by atoms with Crippen LogP contribution in [-0.2, 0) is 14.4 Å². The number of imide groups is 1. The molecule has 2 fully saturated rings. The van der Waals surface area contributed by atoms with Crippen LogP contribution >= 0.6 is 0 Å². The zero-order valence-electron chi connectivity index (χ0n) is 13.1. The SMILES string of the molecule is O=C(CCN1C(=O)C2CCCCC2C1=O)Nc1cc(F)cc(F)c1. The summed E-state index contributed by atoms with van der Waals surface area (Å²) in [6.45, 7) is -0.00566. The third-order valence-electron chi connectivity index (χ3n) is 4.64. The molecule has 2 unspecified atom stereocenters. The van der Waals surface area contributed by atoms with Crippen LogP contribution in [0.4, 0.5) is 14.5 Å². The molecular weight excluding hydrogens is 318 g/mol. The molecule has 5 nitrogen and oxygen atoms in total. The maximum Gasteiger partial charge on any atom is 0.233 e. The summed E-state index contributed by atoms with van der Waals surface area (Å²) in [5.41, 5.74) is 0.00486. The second-order valence-corrected chi connectivity index (χ2v) is 6.28. The number of carbonyl (C=O) groups is 3. The fourth-order valence-corrected chi connectivity index (χ4v) is 3.51. The quantitative estimate of drug-likeness (QED) is 0.859. The molecule has 1 aliphatic heterocycles. The predicted octanol–water partition coefficient (Wildman–Crippen LogP) is 2.47. The lowest BCUT2D eigenvalue weighted by Crippen LogP contribution is -2.34. The summed E-state index contributed by atoms with van der Waals surface area (Å²) in [6, 6.07) is 2.71. The van der Waals surface area contributed by atoms with Gasteiger partial charge in [0.1, 0.15) is 11.6 Å². The first-order valence-corrected chi connectivity index (χ1v) is 8.07. The lowest BCUT2D eigenvalue weighted by molar-refractivity contribution is -0.140. The number of rotatable bonds is 4. The van der Waals surface area contributed by atoms with E-state index in [1.54, 1.807) is 0 Å². The van der Waals surface area contributed by atoms with E-state index >= 15 is 0 Å². The smallest absolute Gasteiger partial charge is 0.233 e. The van der Waals surface area contributed by atoms with Crippen LogP contribution in [0, 0.1) is 23.5 Å². The second-order valence-electron chi connectivity index (χ2n) is 6.28. The number of anilines is 1. The van der Waals surface area contributed by atoms with Crippen molar-refractivity contribution in [3.05, 3.63) is 29.8 Å². The molecule has 3 rings (SSSR count). The van der Waals surface area contributed by atoms with Crippen molar-refractivity contribution in [1.82, 2.24) is 4.90 Å². The van der Waals surface area contributed by atoms with Gasteiger partial charge in [0.15, 0.2) is 0 Å².